The Morgan fingerprint density at radius 2 is 1.20 bits per heavy atom. The molecule has 4 heteroatoms. The lowest BCUT2D eigenvalue weighted by Gasteiger charge is -2.16. The van der Waals surface area contributed by atoms with Gasteiger partial charge in [-0.15, -0.1) is 0 Å². The number of fused-ring (bicyclic) bond motifs is 7. The molecule has 0 bridgehead atoms. The van der Waals surface area contributed by atoms with Crippen LogP contribution in [0.2, 0.25) is 0 Å². The molecule has 10 aromatic rings. The van der Waals surface area contributed by atoms with E-state index in [1.165, 1.54) is 44.1 Å². The molecule has 3 aromatic heterocycles. The van der Waals surface area contributed by atoms with E-state index < -0.39 is 0 Å². The molecule has 1 aliphatic rings. The molecular formula is C55H38N4. The Balaban J connectivity index is 1.01. The molecule has 0 unspecified atom stereocenters. The van der Waals surface area contributed by atoms with Crippen molar-refractivity contribution in [2.75, 3.05) is 0 Å². The summed E-state index contributed by atoms with van der Waals surface area (Å²) in [6.45, 7) is 4.45. The second-order valence-electron chi connectivity index (χ2n) is 15.1. The van der Waals surface area contributed by atoms with E-state index in [1.54, 1.807) is 0 Å². The lowest BCUT2D eigenvalue weighted by atomic mass is 9.88. The van der Waals surface area contributed by atoms with Crippen LogP contribution in [0.25, 0.3) is 94.7 Å². The molecule has 3 heterocycles. The molecule has 0 aliphatic heterocycles. The Morgan fingerprint density at radius 1 is 0.475 bits per heavy atom. The van der Waals surface area contributed by atoms with Crippen LogP contribution in [0.3, 0.4) is 0 Å². The van der Waals surface area contributed by atoms with Crippen molar-refractivity contribution in [3.05, 3.63) is 224 Å². The van der Waals surface area contributed by atoms with Crippen LogP contribution in [0.1, 0.15) is 11.1 Å². The van der Waals surface area contributed by atoms with E-state index >= 15 is 0 Å². The van der Waals surface area contributed by atoms with Crippen LogP contribution in [0, 0.1) is 0 Å². The van der Waals surface area contributed by atoms with Crippen molar-refractivity contribution < 1.29 is 0 Å². The maximum absolute atomic E-state index is 5.16. The Labute approximate surface area is 343 Å². The summed E-state index contributed by atoms with van der Waals surface area (Å²) in [7, 11) is 0. The zero-order valence-corrected chi connectivity index (χ0v) is 32.3. The second kappa shape index (κ2) is 14.3. The molecule has 0 saturated heterocycles. The Kier molecular flexibility index (Phi) is 8.34. The average molecular weight is 755 g/mol. The summed E-state index contributed by atoms with van der Waals surface area (Å²) < 4.78 is 4.65. The molecule has 1 aliphatic carbocycles. The largest absolute Gasteiger partial charge is 0.309 e. The monoisotopic (exact) mass is 754 g/mol. The zero-order chi connectivity index (χ0) is 39.3. The van der Waals surface area contributed by atoms with E-state index in [2.05, 4.69) is 197 Å². The van der Waals surface area contributed by atoms with Gasteiger partial charge in [-0.25, -0.2) is 4.98 Å². The minimum atomic E-state index is 0.879. The molecule has 0 atom stereocenters. The highest BCUT2D eigenvalue weighted by Gasteiger charge is 2.18. The zero-order valence-electron chi connectivity index (χ0n) is 32.3. The van der Waals surface area contributed by atoms with Gasteiger partial charge in [0.1, 0.15) is 5.82 Å². The Morgan fingerprint density at radius 3 is 2.08 bits per heavy atom. The standard InChI is InChI=1S/C55H38N4/c1-37-14-3-2-4-15-38-16-5-6-19-46(38)48-35-39(25-31-45(37)48)40-26-32-53-49(36-40)47-20-7-9-23-52(47)58(53)43-27-29-44(30-28-43)59-54-24-10-8-22-51(54)57-55(59)42-18-13-17-41(34-42)50-21-11-12-33-56-50/h2-14,16-36H,1,15H2/b4-2-,14-3-. The molecule has 0 spiro atoms. The third-order valence-corrected chi connectivity index (χ3v) is 11.6. The lowest BCUT2D eigenvalue weighted by Crippen LogP contribution is -1.99. The van der Waals surface area contributed by atoms with Gasteiger partial charge in [-0.05, 0) is 124 Å². The highest BCUT2D eigenvalue weighted by atomic mass is 15.1. The summed E-state index contributed by atoms with van der Waals surface area (Å²) in [6, 6.07) is 62.9. The van der Waals surface area contributed by atoms with Gasteiger partial charge in [-0.2, -0.15) is 0 Å². The summed E-state index contributed by atoms with van der Waals surface area (Å²) in [6.07, 6.45) is 11.2. The number of nitrogens with zero attached hydrogens (tertiary/aromatic N) is 4. The molecule has 4 nitrogen and oxygen atoms in total. The smallest absolute Gasteiger partial charge is 0.145 e. The Bertz CT molecular complexity index is 3300. The molecule has 0 N–H and O–H groups in total. The minimum Gasteiger partial charge on any atom is -0.309 e. The van der Waals surface area contributed by atoms with Crippen molar-refractivity contribution in [3.63, 3.8) is 0 Å². The van der Waals surface area contributed by atoms with E-state index in [1.807, 2.05) is 30.5 Å². The molecule has 0 fully saturated rings. The number of para-hydroxylation sites is 3. The third-order valence-electron chi connectivity index (χ3n) is 11.6. The molecule has 59 heavy (non-hydrogen) atoms. The van der Waals surface area contributed by atoms with E-state index in [4.69, 9.17) is 4.98 Å². The highest BCUT2D eigenvalue weighted by molar-refractivity contribution is 6.10. The number of allylic oxidation sites excluding steroid dienone is 5. The lowest BCUT2D eigenvalue weighted by molar-refractivity contribution is 1.09. The molecule has 0 radical (unpaired) electrons. The molecule has 0 amide bonds. The summed E-state index contributed by atoms with van der Waals surface area (Å²) in [4.78, 5) is 9.77. The average Bonchev–Trinajstić information content (AvgIpc) is 3.85. The fourth-order valence-corrected chi connectivity index (χ4v) is 8.74. The van der Waals surface area contributed by atoms with E-state index in [9.17, 15) is 0 Å². The van der Waals surface area contributed by atoms with Crippen molar-refractivity contribution in [2.45, 2.75) is 6.42 Å². The predicted molar refractivity (Wildman–Crippen MR) is 246 cm³/mol. The number of aromatic nitrogens is 4. The quantitative estimate of drug-likeness (QED) is 0.175. The number of imidazole rings is 1. The fraction of sp³-hybridized carbons (Fsp3) is 0.0182. The number of pyridine rings is 1. The normalized spacial score (nSPS) is 13.7. The van der Waals surface area contributed by atoms with Crippen LogP contribution in [0.4, 0.5) is 0 Å². The first-order valence-electron chi connectivity index (χ1n) is 20.1. The first kappa shape index (κ1) is 34.4. The van der Waals surface area contributed by atoms with E-state index in [0.29, 0.717) is 0 Å². The number of benzene rings is 7. The molecular weight excluding hydrogens is 717 g/mol. The van der Waals surface area contributed by atoms with Gasteiger partial charge < -0.3 is 4.57 Å². The van der Waals surface area contributed by atoms with Crippen LogP contribution < -0.4 is 0 Å². The van der Waals surface area contributed by atoms with Crippen molar-refractivity contribution in [2.24, 2.45) is 0 Å². The van der Waals surface area contributed by atoms with Gasteiger partial charge in [-0.3, -0.25) is 9.55 Å². The summed E-state index contributed by atoms with van der Waals surface area (Å²) in [5.41, 5.74) is 17.8. The minimum absolute atomic E-state index is 0.879. The van der Waals surface area contributed by atoms with Gasteiger partial charge in [0, 0.05) is 39.5 Å². The van der Waals surface area contributed by atoms with Gasteiger partial charge in [0.15, 0.2) is 0 Å². The van der Waals surface area contributed by atoms with Crippen LogP contribution in [0.15, 0.2) is 213 Å². The van der Waals surface area contributed by atoms with Crippen molar-refractivity contribution in [1.82, 2.24) is 19.1 Å². The number of hydrogen-bond donors (Lipinski definition) is 0. The topological polar surface area (TPSA) is 35.6 Å². The predicted octanol–water partition coefficient (Wildman–Crippen LogP) is 13.9. The van der Waals surface area contributed by atoms with Crippen LogP contribution in [-0.2, 0) is 6.42 Å². The van der Waals surface area contributed by atoms with Crippen LogP contribution >= 0.6 is 0 Å². The molecule has 11 rings (SSSR count). The first-order valence-corrected chi connectivity index (χ1v) is 20.1. The van der Waals surface area contributed by atoms with Gasteiger partial charge >= 0.3 is 0 Å². The first-order chi connectivity index (χ1) is 29.2. The van der Waals surface area contributed by atoms with Crippen LogP contribution in [0.5, 0.6) is 0 Å². The molecule has 0 saturated carbocycles. The highest BCUT2D eigenvalue weighted by Crippen LogP contribution is 2.39. The van der Waals surface area contributed by atoms with Crippen molar-refractivity contribution in [3.8, 4) is 56.3 Å². The fourth-order valence-electron chi connectivity index (χ4n) is 8.74. The number of rotatable bonds is 5. The summed E-state index contributed by atoms with van der Waals surface area (Å²) >= 11 is 0. The van der Waals surface area contributed by atoms with Gasteiger partial charge in [0.2, 0.25) is 0 Å². The van der Waals surface area contributed by atoms with Crippen LogP contribution in [-0.4, -0.2) is 19.1 Å². The third kappa shape index (κ3) is 6.01. The van der Waals surface area contributed by atoms with Gasteiger partial charge in [0.25, 0.3) is 0 Å². The number of hydrogen-bond acceptors (Lipinski definition) is 2. The van der Waals surface area contributed by atoms with Gasteiger partial charge in [-0.1, -0.05) is 128 Å². The summed E-state index contributed by atoms with van der Waals surface area (Å²) in [5.74, 6) is 0.890. The SMILES string of the molecule is C=C1/C=C\C=C/Cc2ccccc2-c2cc(-c3ccc4c(c3)c3ccccc3n4-c3ccc(-n4c(-c5cccc(-c6ccccn6)c5)nc5ccccc54)cc3)ccc21. The molecule has 7 aromatic carbocycles. The van der Waals surface area contributed by atoms with Crippen molar-refractivity contribution in [1.29, 1.82) is 0 Å². The van der Waals surface area contributed by atoms with Crippen molar-refractivity contribution >= 4 is 38.4 Å². The second-order valence-corrected chi connectivity index (χ2v) is 15.1. The summed E-state index contributed by atoms with van der Waals surface area (Å²) in [5, 5.41) is 2.44. The van der Waals surface area contributed by atoms with E-state index in [0.717, 1.165) is 68.1 Å². The maximum atomic E-state index is 5.16. The van der Waals surface area contributed by atoms with Gasteiger partial charge in [0.05, 0.1) is 27.8 Å². The van der Waals surface area contributed by atoms with E-state index in [-0.39, 0.29) is 0 Å². The molecule has 278 valence electrons. The Hall–Kier alpha value is -7.82. The maximum Gasteiger partial charge on any atom is 0.145 e.